The molecule has 0 aromatic carbocycles. The SMILES string of the molecule is C=C(C)C(=O)OCC[NH+](C)CCOC(=O)C(=C)C. The van der Waals surface area contributed by atoms with Crippen LogP contribution in [0.3, 0.4) is 0 Å². The van der Waals surface area contributed by atoms with Crippen molar-refractivity contribution < 1.29 is 24.0 Å². The van der Waals surface area contributed by atoms with Crippen molar-refractivity contribution in [1.82, 2.24) is 0 Å². The number of likely N-dealkylation sites (N-methyl/N-ethyl adjacent to an activating group) is 1. The van der Waals surface area contributed by atoms with Gasteiger partial charge in [0.2, 0.25) is 0 Å². The number of carbonyl (C=O) groups excluding carboxylic acids is 2. The van der Waals surface area contributed by atoms with Gasteiger partial charge in [-0.1, -0.05) is 13.2 Å². The Morgan fingerprint density at radius 3 is 1.56 bits per heavy atom. The van der Waals surface area contributed by atoms with E-state index in [1.807, 2.05) is 7.05 Å². The van der Waals surface area contributed by atoms with E-state index >= 15 is 0 Å². The molecule has 5 nitrogen and oxygen atoms in total. The summed E-state index contributed by atoms with van der Waals surface area (Å²) in [5.74, 6) is -0.756. The molecule has 102 valence electrons. The highest BCUT2D eigenvalue weighted by atomic mass is 16.5. The van der Waals surface area contributed by atoms with Crippen LogP contribution in [0.1, 0.15) is 13.8 Å². The van der Waals surface area contributed by atoms with Gasteiger partial charge in [-0.25, -0.2) is 9.59 Å². The van der Waals surface area contributed by atoms with Gasteiger partial charge < -0.3 is 14.4 Å². The molecule has 0 heterocycles. The van der Waals surface area contributed by atoms with Gasteiger partial charge in [0.25, 0.3) is 0 Å². The van der Waals surface area contributed by atoms with Crippen molar-refractivity contribution in [1.29, 1.82) is 0 Å². The number of quaternary nitrogens is 1. The third-order valence-corrected chi connectivity index (χ3v) is 2.22. The zero-order valence-corrected chi connectivity index (χ0v) is 11.4. The molecule has 1 N–H and O–H groups in total. The van der Waals surface area contributed by atoms with E-state index in [0.29, 0.717) is 37.4 Å². The molecule has 0 radical (unpaired) electrons. The second-order valence-corrected chi connectivity index (χ2v) is 4.29. The first kappa shape index (κ1) is 16.4. The topological polar surface area (TPSA) is 57.0 Å². The molecule has 5 heteroatoms. The Bertz CT molecular complexity index is 304. The molecule has 0 unspecified atom stereocenters. The van der Waals surface area contributed by atoms with Crippen molar-refractivity contribution in [3.8, 4) is 0 Å². The molecule has 0 spiro atoms. The fourth-order valence-corrected chi connectivity index (χ4v) is 1.01. The van der Waals surface area contributed by atoms with Gasteiger partial charge in [0.05, 0.1) is 7.05 Å². The molecular formula is C13H22NO4+. The maximum atomic E-state index is 11.1. The highest BCUT2D eigenvalue weighted by Gasteiger charge is 2.08. The number of rotatable bonds is 8. The summed E-state index contributed by atoms with van der Waals surface area (Å²) in [7, 11) is 1.93. The summed E-state index contributed by atoms with van der Waals surface area (Å²) >= 11 is 0. The van der Waals surface area contributed by atoms with Gasteiger partial charge in [0.1, 0.15) is 26.3 Å². The van der Waals surface area contributed by atoms with Crippen LogP contribution in [0.2, 0.25) is 0 Å². The summed E-state index contributed by atoms with van der Waals surface area (Å²) in [6, 6.07) is 0. The zero-order chi connectivity index (χ0) is 14.1. The summed E-state index contributed by atoms with van der Waals surface area (Å²) in [6.07, 6.45) is 0. The van der Waals surface area contributed by atoms with Gasteiger partial charge in [0, 0.05) is 11.1 Å². The molecule has 0 aliphatic carbocycles. The normalized spacial score (nSPS) is 10.0. The summed E-state index contributed by atoms with van der Waals surface area (Å²) in [5, 5.41) is 0. The summed E-state index contributed by atoms with van der Waals surface area (Å²) < 4.78 is 9.92. The van der Waals surface area contributed by atoms with Crippen molar-refractivity contribution >= 4 is 11.9 Å². The van der Waals surface area contributed by atoms with Gasteiger partial charge in [-0.15, -0.1) is 0 Å². The first-order chi connectivity index (χ1) is 8.34. The summed E-state index contributed by atoms with van der Waals surface area (Å²) in [6.45, 7) is 12.2. The summed E-state index contributed by atoms with van der Waals surface area (Å²) in [5.41, 5.74) is 0.783. The van der Waals surface area contributed by atoms with Crippen LogP contribution in [0.25, 0.3) is 0 Å². The third kappa shape index (κ3) is 7.62. The van der Waals surface area contributed by atoms with Crippen LogP contribution in [-0.4, -0.2) is 45.3 Å². The first-order valence-electron chi connectivity index (χ1n) is 5.81. The minimum absolute atomic E-state index is 0.325. The van der Waals surface area contributed by atoms with Crippen LogP contribution in [0.4, 0.5) is 0 Å². The lowest BCUT2D eigenvalue weighted by Gasteiger charge is -2.14. The molecule has 0 aromatic heterocycles. The molecule has 0 aliphatic heterocycles. The van der Waals surface area contributed by atoms with E-state index in [1.54, 1.807) is 13.8 Å². The Labute approximate surface area is 108 Å². The molecule has 0 rings (SSSR count). The standard InChI is InChI=1S/C13H21NO4/c1-10(2)12(15)17-8-6-14(5)7-9-18-13(16)11(3)4/h1,3,6-9H2,2,4-5H3/p+1. The molecule has 0 aliphatic rings. The van der Waals surface area contributed by atoms with Crippen molar-refractivity contribution in [2.75, 3.05) is 33.4 Å². The Morgan fingerprint density at radius 2 is 1.28 bits per heavy atom. The molecule has 0 fully saturated rings. The average Bonchev–Trinajstić information content (AvgIpc) is 2.28. The molecular weight excluding hydrogens is 234 g/mol. The van der Waals surface area contributed by atoms with Crippen molar-refractivity contribution in [2.24, 2.45) is 0 Å². The Kier molecular flexibility index (Phi) is 7.71. The number of hydrogen-bond acceptors (Lipinski definition) is 4. The highest BCUT2D eigenvalue weighted by molar-refractivity contribution is 5.87. The predicted octanol–water partition coefficient (Wildman–Crippen LogP) is -0.260. The smallest absolute Gasteiger partial charge is 0.333 e. The van der Waals surface area contributed by atoms with E-state index in [2.05, 4.69) is 13.2 Å². The lowest BCUT2D eigenvalue weighted by atomic mass is 10.4. The fourth-order valence-electron chi connectivity index (χ4n) is 1.01. The van der Waals surface area contributed by atoms with Gasteiger partial charge in [-0.3, -0.25) is 0 Å². The highest BCUT2D eigenvalue weighted by Crippen LogP contribution is 1.91. The largest absolute Gasteiger partial charge is 0.456 e. The second-order valence-electron chi connectivity index (χ2n) is 4.29. The monoisotopic (exact) mass is 256 g/mol. The second kappa shape index (κ2) is 8.47. The first-order valence-corrected chi connectivity index (χ1v) is 5.81. The maximum absolute atomic E-state index is 11.1. The lowest BCUT2D eigenvalue weighted by molar-refractivity contribution is -0.880. The predicted molar refractivity (Wildman–Crippen MR) is 68.2 cm³/mol. The van der Waals surface area contributed by atoms with Crippen molar-refractivity contribution in [3.05, 3.63) is 24.3 Å². The van der Waals surface area contributed by atoms with E-state index in [1.165, 1.54) is 0 Å². The van der Waals surface area contributed by atoms with Gasteiger partial charge in [0.15, 0.2) is 0 Å². The molecule has 0 aromatic rings. The molecule has 0 saturated carbocycles. The van der Waals surface area contributed by atoms with Crippen LogP contribution < -0.4 is 4.90 Å². The number of hydrogen-bond donors (Lipinski definition) is 1. The van der Waals surface area contributed by atoms with E-state index in [9.17, 15) is 9.59 Å². The summed E-state index contributed by atoms with van der Waals surface area (Å²) in [4.78, 5) is 23.3. The van der Waals surface area contributed by atoms with Crippen LogP contribution >= 0.6 is 0 Å². The minimum atomic E-state index is -0.378. The number of ether oxygens (including phenoxy) is 2. The van der Waals surface area contributed by atoms with Crippen LogP contribution in [-0.2, 0) is 19.1 Å². The van der Waals surface area contributed by atoms with Gasteiger partial charge in [-0.05, 0) is 13.8 Å². The molecule has 0 atom stereocenters. The zero-order valence-electron chi connectivity index (χ0n) is 11.4. The Balaban J connectivity index is 3.63. The minimum Gasteiger partial charge on any atom is -0.456 e. The number of esters is 2. The molecule has 18 heavy (non-hydrogen) atoms. The van der Waals surface area contributed by atoms with E-state index in [-0.39, 0.29) is 11.9 Å². The Hall–Kier alpha value is -1.62. The van der Waals surface area contributed by atoms with Crippen molar-refractivity contribution in [2.45, 2.75) is 13.8 Å². The number of nitrogens with one attached hydrogen (secondary N) is 1. The molecule has 0 saturated heterocycles. The third-order valence-electron chi connectivity index (χ3n) is 2.22. The van der Waals surface area contributed by atoms with Crippen LogP contribution in [0.15, 0.2) is 24.3 Å². The van der Waals surface area contributed by atoms with Crippen LogP contribution in [0.5, 0.6) is 0 Å². The van der Waals surface area contributed by atoms with E-state index in [4.69, 9.17) is 9.47 Å². The van der Waals surface area contributed by atoms with E-state index < -0.39 is 0 Å². The van der Waals surface area contributed by atoms with Crippen LogP contribution in [0, 0.1) is 0 Å². The quantitative estimate of drug-likeness (QED) is 0.480. The average molecular weight is 256 g/mol. The van der Waals surface area contributed by atoms with Gasteiger partial charge in [-0.2, -0.15) is 0 Å². The van der Waals surface area contributed by atoms with E-state index in [0.717, 1.165) is 4.90 Å². The lowest BCUT2D eigenvalue weighted by Crippen LogP contribution is -3.10. The van der Waals surface area contributed by atoms with Crippen molar-refractivity contribution in [3.63, 3.8) is 0 Å². The molecule has 0 bridgehead atoms. The van der Waals surface area contributed by atoms with Gasteiger partial charge >= 0.3 is 11.9 Å². The number of carbonyl (C=O) groups is 2. The molecule has 0 amide bonds. The maximum Gasteiger partial charge on any atom is 0.333 e. The Morgan fingerprint density at radius 1 is 0.944 bits per heavy atom. The fraction of sp³-hybridized carbons (Fsp3) is 0.538.